The van der Waals surface area contributed by atoms with Gasteiger partial charge >= 0.3 is 0 Å². The lowest BCUT2D eigenvalue weighted by atomic mass is 9.94. The first-order chi connectivity index (χ1) is 10.0. The van der Waals surface area contributed by atoms with Crippen LogP contribution in [0.1, 0.15) is 35.2 Å². The van der Waals surface area contributed by atoms with Gasteiger partial charge < -0.3 is 4.90 Å². The molecule has 5 nitrogen and oxygen atoms in total. The molecule has 0 saturated carbocycles. The fourth-order valence-corrected chi connectivity index (χ4v) is 3.12. The van der Waals surface area contributed by atoms with Crippen LogP contribution >= 0.6 is 11.6 Å². The van der Waals surface area contributed by atoms with E-state index in [-0.39, 0.29) is 11.6 Å². The molecule has 1 unspecified atom stereocenters. The minimum absolute atomic E-state index is 0.0164. The van der Waals surface area contributed by atoms with Gasteiger partial charge in [0, 0.05) is 36.7 Å². The lowest BCUT2D eigenvalue weighted by Gasteiger charge is -2.33. The lowest BCUT2D eigenvalue weighted by Crippen LogP contribution is -2.40. The van der Waals surface area contributed by atoms with Crippen molar-refractivity contribution in [3.05, 3.63) is 39.4 Å². The molecule has 0 radical (unpaired) electrons. The molecule has 0 aliphatic carbocycles. The average molecular weight is 311 g/mol. The third kappa shape index (κ3) is 3.73. The molecule has 0 aromatic heterocycles. The number of amides is 1. The Balaban J connectivity index is 2.14. The zero-order valence-electron chi connectivity index (χ0n) is 12.0. The van der Waals surface area contributed by atoms with Gasteiger partial charge in [0.2, 0.25) is 0 Å². The van der Waals surface area contributed by atoms with Crippen LogP contribution in [0.3, 0.4) is 0 Å². The number of non-ortho nitro benzene ring substituents is 1. The molecule has 1 aliphatic heterocycles. The highest BCUT2D eigenvalue weighted by molar-refractivity contribution is 6.17. The summed E-state index contributed by atoms with van der Waals surface area (Å²) in [4.78, 5) is 24.7. The van der Waals surface area contributed by atoms with E-state index in [1.165, 1.54) is 12.1 Å². The number of alkyl halides is 1. The molecule has 6 heteroatoms. The number of halogens is 1. The number of carbonyl (C=O) groups excluding carboxylic acids is 1. The number of rotatable bonds is 4. The number of aryl methyl sites for hydroxylation is 1. The van der Waals surface area contributed by atoms with E-state index in [0.717, 1.165) is 32.4 Å². The van der Waals surface area contributed by atoms with E-state index >= 15 is 0 Å². The number of nitro groups is 1. The molecule has 1 aliphatic rings. The van der Waals surface area contributed by atoms with Crippen LogP contribution in [0.25, 0.3) is 0 Å². The molecule has 0 N–H and O–H groups in total. The number of hydrogen-bond donors (Lipinski definition) is 0. The summed E-state index contributed by atoms with van der Waals surface area (Å²) in [5, 5.41) is 10.7. The quantitative estimate of drug-likeness (QED) is 0.486. The second kappa shape index (κ2) is 6.89. The molecular weight excluding hydrogens is 292 g/mol. The molecule has 114 valence electrons. The summed E-state index contributed by atoms with van der Waals surface area (Å²) in [6.07, 6.45) is 3.01. The molecule has 1 amide bonds. The molecule has 1 fully saturated rings. The molecule has 1 heterocycles. The van der Waals surface area contributed by atoms with E-state index < -0.39 is 4.92 Å². The second-order valence-electron chi connectivity index (χ2n) is 5.49. The van der Waals surface area contributed by atoms with E-state index in [1.54, 1.807) is 13.0 Å². The summed E-state index contributed by atoms with van der Waals surface area (Å²) in [6, 6.07) is 4.40. The Labute approximate surface area is 129 Å². The first-order valence-corrected chi connectivity index (χ1v) is 7.66. The van der Waals surface area contributed by atoms with Crippen molar-refractivity contribution in [3.63, 3.8) is 0 Å². The van der Waals surface area contributed by atoms with Crippen LogP contribution in [0.4, 0.5) is 5.69 Å². The molecular formula is C15H19ClN2O3. The van der Waals surface area contributed by atoms with Crippen LogP contribution in [0.2, 0.25) is 0 Å². The van der Waals surface area contributed by atoms with Crippen molar-refractivity contribution in [3.8, 4) is 0 Å². The smallest absolute Gasteiger partial charge is 0.269 e. The van der Waals surface area contributed by atoms with Crippen molar-refractivity contribution >= 4 is 23.2 Å². The summed E-state index contributed by atoms with van der Waals surface area (Å²) >= 11 is 5.78. The Hall–Kier alpha value is -1.62. The summed E-state index contributed by atoms with van der Waals surface area (Å²) in [5.74, 6) is 1.03. The van der Waals surface area contributed by atoms with Crippen LogP contribution < -0.4 is 0 Å². The summed E-state index contributed by atoms with van der Waals surface area (Å²) in [7, 11) is 0. The Bertz CT molecular complexity index is 546. The first-order valence-electron chi connectivity index (χ1n) is 7.13. The largest absolute Gasteiger partial charge is 0.338 e. The van der Waals surface area contributed by atoms with Gasteiger partial charge in [0.25, 0.3) is 11.6 Å². The number of nitrogens with zero attached hydrogens (tertiary/aromatic N) is 2. The van der Waals surface area contributed by atoms with E-state index in [4.69, 9.17) is 11.6 Å². The van der Waals surface area contributed by atoms with Crippen LogP contribution in [-0.4, -0.2) is 34.7 Å². The van der Waals surface area contributed by atoms with Gasteiger partial charge in [-0.15, -0.1) is 11.6 Å². The van der Waals surface area contributed by atoms with Gasteiger partial charge in [-0.3, -0.25) is 14.9 Å². The highest BCUT2D eigenvalue weighted by Gasteiger charge is 2.25. The second-order valence-corrected chi connectivity index (χ2v) is 5.87. The van der Waals surface area contributed by atoms with Crippen LogP contribution in [0.15, 0.2) is 18.2 Å². The van der Waals surface area contributed by atoms with Gasteiger partial charge in [0.1, 0.15) is 0 Å². The van der Waals surface area contributed by atoms with Crippen molar-refractivity contribution in [2.75, 3.05) is 19.0 Å². The van der Waals surface area contributed by atoms with Crippen molar-refractivity contribution < 1.29 is 9.72 Å². The number of carbonyl (C=O) groups is 1. The van der Waals surface area contributed by atoms with Gasteiger partial charge in [-0.1, -0.05) is 0 Å². The molecule has 1 saturated heterocycles. The van der Waals surface area contributed by atoms with E-state index in [0.29, 0.717) is 22.9 Å². The van der Waals surface area contributed by atoms with Gasteiger partial charge in [-0.05, 0) is 43.7 Å². The maximum absolute atomic E-state index is 12.6. The predicted octanol–water partition coefficient (Wildman–Crippen LogP) is 3.38. The minimum Gasteiger partial charge on any atom is -0.338 e. The Morgan fingerprint density at radius 2 is 2.29 bits per heavy atom. The number of benzene rings is 1. The standard InChI is InChI=1S/C15H19ClN2O3/c1-11-9-13(18(20)21)4-5-14(11)15(19)17-8-2-3-12(10-17)6-7-16/h4-5,9,12H,2-3,6-8,10H2,1H3. The highest BCUT2D eigenvalue weighted by Crippen LogP contribution is 2.24. The van der Waals surface area contributed by atoms with Gasteiger partial charge in [0.05, 0.1) is 4.92 Å². The van der Waals surface area contributed by atoms with Crippen molar-refractivity contribution in [2.24, 2.45) is 5.92 Å². The monoisotopic (exact) mass is 310 g/mol. The number of likely N-dealkylation sites (tertiary alicyclic amines) is 1. The van der Waals surface area contributed by atoms with E-state index in [1.807, 2.05) is 4.90 Å². The third-order valence-corrected chi connectivity index (χ3v) is 4.19. The SMILES string of the molecule is Cc1cc([N+](=O)[O-])ccc1C(=O)N1CCCC(CCCl)C1. The Kier molecular flexibility index (Phi) is 5.17. The maximum Gasteiger partial charge on any atom is 0.269 e. The molecule has 1 aromatic rings. The number of piperidine rings is 1. The van der Waals surface area contributed by atoms with Crippen molar-refractivity contribution in [1.82, 2.24) is 4.90 Å². The van der Waals surface area contributed by atoms with Crippen molar-refractivity contribution in [2.45, 2.75) is 26.2 Å². The lowest BCUT2D eigenvalue weighted by molar-refractivity contribution is -0.384. The minimum atomic E-state index is -0.446. The predicted molar refractivity (Wildman–Crippen MR) is 81.8 cm³/mol. The summed E-state index contributed by atoms with van der Waals surface area (Å²) < 4.78 is 0. The molecule has 2 rings (SSSR count). The zero-order valence-corrected chi connectivity index (χ0v) is 12.8. The maximum atomic E-state index is 12.6. The van der Waals surface area contributed by atoms with Gasteiger partial charge in [0.15, 0.2) is 0 Å². The zero-order chi connectivity index (χ0) is 15.4. The topological polar surface area (TPSA) is 63.5 Å². The fraction of sp³-hybridized carbons (Fsp3) is 0.533. The normalized spacial score (nSPS) is 18.6. The van der Waals surface area contributed by atoms with E-state index in [2.05, 4.69) is 0 Å². The van der Waals surface area contributed by atoms with Crippen LogP contribution in [-0.2, 0) is 0 Å². The molecule has 0 spiro atoms. The number of nitro benzene ring substituents is 1. The summed E-state index contributed by atoms with van der Waals surface area (Å²) in [5.41, 5.74) is 1.21. The highest BCUT2D eigenvalue weighted by atomic mass is 35.5. The Morgan fingerprint density at radius 3 is 2.90 bits per heavy atom. The summed E-state index contributed by atoms with van der Waals surface area (Å²) in [6.45, 7) is 3.20. The molecule has 1 atom stereocenters. The first kappa shape index (κ1) is 15.8. The number of hydrogen-bond acceptors (Lipinski definition) is 3. The van der Waals surface area contributed by atoms with Gasteiger partial charge in [-0.25, -0.2) is 0 Å². The molecule has 0 bridgehead atoms. The van der Waals surface area contributed by atoms with Crippen molar-refractivity contribution in [1.29, 1.82) is 0 Å². The van der Waals surface area contributed by atoms with Gasteiger partial charge in [-0.2, -0.15) is 0 Å². The molecule has 1 aromatic carbocycles. The average Bonchev–Trinajstić information content (AvgIpc) is 2.47. The van der Waals surface area contributed by atoms with Crippen LogP contribution in [0, 0.1) is 23.0 Å². The molecule has 21 heavy (non-hydrogen) atoms. The Morgan fingerprint density at radius 1 is 1.52 bits per heavy atom. The third-order valence-electron chi connectivity index (χ3n) is 3.97. The van der Waals surface area contributed by atoms with Crippen LogP contribution in [0.5, 0.6) is 0 Å². The van der Waals surface area contributed by atoms with E-state index in [9.17, 15) is 14.9 Å². The fourth-order valence-electron chi connectivity index (χ4n) is 2.81.